The van der Waals surface area contributed by atoms with Crippen molar-refractivity contribution in [2.24, 2.45) is 11.8 Å². The third-order valence-electron chi connectivity index (χ3n) is 4.66. The molecule has 2 atom stereocenters. The summed E-state index contributed by atoms with van der Waals surface area (Å²) in [6.45, 7) is 5.30. The molecule has 1 saturated heterocycles. The van der Waals surface area contributed by atoms with Crippen LogP contribution in [-0.4, -0.2) is 43.1 Å². The number of fused-ring (bicyclic) bond motifs is 1. The largest absolute Gasteiger partial charge is 0.482 e. The molecule has 1 amide bonds. The zero-order valence-corrected chi connectivity index (χ0v) is 15.3. The minimum Gasteiger partial charge on any atom is -0.482 e. The SMILES string of the molecule is C[C@@H]1C[C@@H](C)CN(C(=O)COC(=O)COc2ccc3ccccc3c2)C1. The number of amides is 1. The minimum absolute atomic E-state index is 0.137. The highest BCUT2D eigenvalue weighted by atomic mass is 16.6. The normalized spacial score (nSPS) is 20.0. The lowest BCUT2D eigenvalue weighted by Gasteiger charge is -2.34. The first-order chi connectivity index (χ1) is 12.5. The van der Waals surface area contributed by atoms with Crippen LogP contribution in [0, 0.1) is 11.8 Å². The molecule has 2 aromatic carbocycles. The molecule has 0 radical (unpaired) electrons. The Morgan fingerprint density at radius 1 is 1.00 bits per heavy atom. The fourth-order valence-electron chi connectivity index (χ4n) is 3.54. The van der Waals surface area contributed by atoms with Gasteiger partial charge >= 0.3 is 5.97 Å². The first-order valence-corrected chi connectivity index (χ1v) is 9.06. The van der Waals surface area contributed by atoms with Gasteiger partial charge in [0.25, 0.3) is 5.91 Å². The van der Waals surface area contributed by atoms with Crippen LogP contribution in [0.3, 0.4) is 0 Å². The molecule has 5 nitrogen and oxygen atoms in total. The van der Waals surface area contributed by atoms with E-state index in [9.17, 15) is 9.59 Å². The third-order valence-corrected chi connectivity index (χ3v) is 4.66. The number of benzene rings is 2. The van der Waals surface area contributed by atoms with Gasteiger partial charge in [-0.15, -0.1) is 0 Å². The van der Waals surface area contributed by atoms with Crippen molar-refractivity contribution in [1.29, 1.82) is 0 Å². The summed E-state index contributed by atoms with van der Waals surface area (Å²) < 4.78 is 10.6. The van der Waals surface area contributed by atoms with Crippen molar-refractivity contribution in [3.05, 3.63) is 42.5 Å². The number of likely N-dealkylation sites (tertiary alicyclic amines) is 1. The molecular weight excluding hydrogens is 330 g/mol. The van der Waals surface area contributed by atoms with E-state index in [0.717, 1.165) is 30.3 Å². The van der Waals surface area contributed by atoms with Gasteiger partial charge in [0, 0.05) is 13.1 Å². The fraction of sp³-hybridized carbons (Fsp3) is 0.429. The van der Waals surface area contributed by atoms with Gasteiger partial charge in [-0.2, -0.15) is 0 Å². The van der Waals surface area contributed by atoms with Crippen molar-refractivity contribution in [2.45, 2.75) is 20.3 Å². The molecule has 0 bridgehead atoms. The van der Waals surface area contributed by atoms with Crippen LogP contribution in [-0.2, 0) is 14.3 Å². The smallest absolute Gasteiger partial charge is 0.344 e. The van der Waals surface area contributed by atoms with Crippen molar-refractivity contribution in [3.8, 4) is 5.75 Å². The molecule has 1 fully saturated rings. The lowest BCUT2D eigenvalue weighted by Crippen LogP contribution is -2.44. The maximum absolute atomic E-state index is 12.2. The summed E-state index contributed by atoms with van der Waals surface area (Å²) in [4.78, 5) is 25.9. The number of carbonyl (C=O) groups is 2. The van der Waals surface area contributed by atoms with Crippen molar-refractivity contribution in [1.82, 2.24) is 4.90 Å². The molecule has 138 valence electrons. The second kappa shape index (κ2) is 8.21. The highest BCUT2D eigenvalue weighted by Crippen LogP contribution is 2.21. The number of ether oxygens (including phenoxy) is 2. The van der Waals surface area contributed by atoms with Crippen molar-refractivity contribution >= 4 is 22.6 Å². The maximum atomic E-state index is 12.2. The van der Waals surface area contributed by atoms with Crippen LogP contribution >= 0.6 is 0 Å². The van der Waals surface area contributed by atoms with Gasteiger partial charge < -0.3 is 14.4 Å². The number of hydrogen-bond donors (Lipinski definition) is 0. The molecule has 0 saturated carbocycles. The summed E-state index contributed by atoms with van der Waals surface area (Å²) in [5, 5.41) is 2.15. The molecule has 1 aliphatic heterocycles. The monoisotopic (exact) mass is 355 g/mol. The summed E-state index contributed by atoms with van der Waals surface area (Å²) in [7, 11) is 0. The Labute approximate surface area is 153 Å². The Morgan fingerprint density at radius 3 is 2.42 bits per heavy atom. The maximum Gasteiger partial charge on any atom is 0.344 e. The van der Waals surface area contributed by atoms with Crippen molar-refractivity contribution in [3.63, 3.8) is 0 Å². The van der Waals surface area contributed by atoms with Gasteiger partial charge in [0.05, 0.1) is 0 Å². The van der Waals surface area contributed by atoms with E-state index in [2.05, 4.69) is 13.8 Å². The van der Waals surface area contributed by atoms with Crippen LogP contribution in [0.15, 0.2) is 42.5 Å². The third kappa shape index (κ3) is 4.75. The Morgan fingerprint density at radius 2 is 1.69 bits per heavy atom. The van der Waals surface area contributed by atoms with E-state index < -0.39 is 5.97 Å². The quantitative estimate of drug-likeness (QED) is 0.773. The zero-order valence-electron chi connectivity index (χ0n) is 15.3. The van der Waals surface area contributed by atoms with E-state index in [0.29, 0.717) is 17.6 Å². The number of carbonyl (C=O) groups excluding carboxylic acids is 2. The summed E-state index contributed by atoms with van der Waals surface area (Å²) in [5.41, 5.74) is 0. The molecule has 0 aliphatic carbocycles. The summed E-state index contributed by atoms with van der Waals surface area (Å²) >= 11 is 0. The van der Waals surface area contributed by atoms with Crippen LogP contribution in [0.1, 0.15) is 20.3 Å². The number of piperidine rings is 1. The second-order valence-corrected chi connectivity index (χ2v) is 7.20. The van der Waals surface area contributed by atoms with E-state index >= 15 is 0 Å². The second-order valence-electron chi connectivity index (χ2n) is 7.20. The number of hydrogen-bond acceptors (Lipinski definition) is 4. The molecular formula is C21H25NO4. The Kier molecular flexibility index (Phi) is 5.76. The van der Waals surface area contributed by atoms with E-state index in [1.54, 1.807) is 4.90 Å². The first kappa shape index (κ1) is 18.2. The van der Waals surface area contributed by atoms with E-state index in [1.165, 1.54) is 0 Å². The average Bonchev–Trinajstić information content (AvgIpc) is 2.63. The Balaban J connectivity index is 1.45. The van der Waals surface area contributed by atoms with Gasteiger partial charge in [-0.1, -0.05) is 44.2 Å². The fourth-order valence-corrected chi connectivity index (χ4v) is 3.54. The highest BCUT2D eigenvalue weighted by molar-refractivity contribution is 5.84. The van der Waals surface area contributed by atoms with Gasteiger partial charge in [0.1, 0.15) is 5.75 Å². The van der Waals surface area contributed by atoms with E-state index in [-0.39, 0.29) is 19.1 Å². The molecule has 1 heterocycles. The molecule has 2 aromatic rings. The number of rotatable bonds is 5. The standard InChI is InChI=1S/C21H25NO4/c1-15-9-16(2)12-22(11-15)20(23)13-26-21(24)14-25-19-8-7-17-5-3-4-6-18(17)10-19/h3-8,10,15-16H,9,11-14H2,1-2H3/t15-,16-/m1/s1. The van der Waals surface area contributed by atoms with Crippen LogP contribution in [0.25, 0.3) is 10.8 Å². The van der Waals surface area contributed by atoms with Gasteiger partial charge in [-0.3, -0.25) is 4.79 Å². The summed E-state index contributed by atoms with van der Waals surface area (Å²) in [5.74, 6) is 0.891. The van der Waals surface area contributed by atoms with Gasteiger partial charge in [0.2, 0.25) is 0 Å². The van der Waals surface area contributed by atoms with Gasteiger partial charge in [-0.05, 0) is 41.2 Å². The van der Waals surface area contributed by atoms with E-state index in [1.807, 2.05) is 42.5 Å². The molecule has 26 heavy (non-hydrogen) atoms. The van der Waals surface area contributed by atoms with Crippen molar-refractivity contribution in [2.75, 3.05) is 26.3 Å². The zero-order chi connectivity index (χ0) is 18.5. The highest BCUT2D eigenvalue weighted by Gasteiger charge is 2.25. The van der Waals surface area contributed by atoms with Gasteiger partial charge in [-0.25, -0.2) is 4.79 Å². The predicted molar refractivity (Wildman–Crippen MR) is 99.9 cm³/mol. The topological polar surface area (TPSA) is 55.8 Å². The van der Waals surface area contributed by atoms with Crippen LogP contribution in [0.4, 0.5) is 0 Å². The minimum atomic E-state index is -0.537. The molecule has 1 aliphatic rings. The summed E-state index contributed by atoms with van der Waals surface area (Å²) in [6.07, 6.45) is 1.13. The molecule has 0 spiro atoms. The van der Waals surface area contributed by atoms with Crippen LogP contribution in [0.2, 0.25) is 0 Å². The first-order valence-electron chi connectivity index (χ1n) is 9.06. The molecule has 0 N–H and O–H groups in total. The van der Waals surface area contributed by atoms with Crippen LogP contribution < -0.4 is 4.74 Å². The van der Waals surface area contributed by atoms with Crippen molar-refractivity contribution < 1.29 is 19.1 Å². The average molecular weight is 355 g/mol. The summed E-state index contributed by atoms with van der Waals surface area (Å²) in [6, 6.07) is 13.6. The molecule has 0 unspecified atom stereocenters. The van der Waals surface area contributed by atoms with Crippen LogP contribution in [0.5, 0.6) is 5.75 Å². The Hall–Kier alpha value is -2.56. The number of nitrogens with zero attached hydrogens (tertiary/aromatic N) is 1. The lowest BCUT2D eigenvalue weighted by atomic mass is 9.92. The van der Waals surface area contributed by atoms with E-state index in [4.69, 9.17) is 9.47 Å². The van der Waals surface area contributed by atoms with Gasteiger partial charge in [0.15, 0.2) is 13.2 Å². The Bertz CT molecular complexity index is 778. The predicted octanol–water partition coefficient (Wildman–Crippen LogP) is 3.27. The molecule has 3 rings (SSSR count). The number of esters is 1. The molecule has 0 aromatic heterocycles. The molecule has 5 heteroatoms. The lowest BCUT2D eigenvalue weighted by molar-refractivity contribution is -0.154.